The van der Waals surface area contributed by atoms with Crippen molar-refractivity contribution in [1.82, 2.24) is 16.0 Å². The van der Waals surface area contributed by atoms with Gasteiger partial charge in [-0.25, -0.2) is 9.59 Å². The predicted molar refractivity (Wildman–Crippen MR) is 89.1 cm³/mol. The van der Waals surface area contributed by atoms with E-state index in [2.05, 4.69) is 16.0 Å². The molecule has 1 aliphatic heterocycles. The minimum absolute atomic E-state index is 0.205. The molecule has 6 nitrogen and oxygen atoms in total. The Morgan fingerprint density at radius 3 is 2.42 bits per heavy atom. The number of amides is 2. The van der Waals surface area contributed by atoms with Gasteiger partial charge in [-0.15, -0.1) is 0 Å². The minimum atomic E-state index is -0.340. The molecule has 0 aromatic rings. The van der Waals surface area contributed by atoms with Gasteiger partial charge in [0, 0.05) is 17.8 Å². The van der Waals surface area contributed by atoms with E-state index in [1.807, 2.05) is 0 Å². The number of rotatable bonds is 5. The molecule has 0 aromatic carbocycles. The molecule has 6 heteroatoms. The van der Waals surface area contributed by atoms with Gasteiger partial charge in [-0.1, -0.05) is 0 Å². The fourth-order valence-electron chi connectivity index (χ4n) is 5.70. The van der Waals surface area contributed by atoms with E-state index in [4.69, 9.17) is 4.74 Å². The van der Waals surface area contributed by atoms with Gasteiger partial charge < -0.3 is 20.7 Å². The third-order valence-electron chi connectivity index (χ3n) is 6.25. The first-order valence-electron chi connectivity index (χ1n) is 9.26. The Morgan fingerprint density at radius 1 is 1.21 bits per heavy atom. The Morgan fingerprint density at radius 2 is 1.83 bits per heavy atom. The van der Waals surface area contributed by atoms with Crippen molar-refractivity contribution < 1.29 is 14.3 Å². The molecule has 2 amide bonds. The van der Waals surface area contributed by atoms with Crippen LogP contribution in [0.5, 0.6) is 0 Å². The van der Waals surface area contributed by atoms with E-state index in [0.717, 1.165) is 17.8 Å². The standard InChI is InChI=1S/C18H27N3O3/c1-2-24-16(22)14-9-19-17(23)21-15(14)10-20-18-6-11-3-12(7-18)5-13(4-11)8-18/h11-13,20H,2-10H2,1H3,(H2,19,21,23). The van der Waals surface area contributed by atoms with Crippen molar-refractivity contribution >= 4 is 12.0 Å². The molecule has 1 heterocycles. The molecule has 4 saturated carbocycles. The van der Waals surface area contributed by atoms with Crippen LogP contribution in [0, 0.1) is 17.8 Å². The van der Waals surface area contributed by atoms with Crippen LogP contribution in [-0.4, -0.2) is 37.2 Å². The summed E-state index contributed by atoms with van der Waals surface area (Å²) in [7, 11) is 0. The second-order valence-corrected chi connectivity index (χ2v) is 8.04. The van der Waals surface area contributed by atoms with E-state index in [1.165, 1.54) is 38.5 Å². The fourth-order valence-corrected chi connectivity index (χ4v) is 5.70. The Kier molecular flexibility index (Phi) is 4.03. The van der Waals surface area contributed by atoms with Gasteiger partial charge in [-0.05, 0) is 63.2 Å². The summed E-state index contributed by atoms with van der Waals surface area (Å²) in [4.78, 5) is 23.8. The second-order valence-electron chi connectivity index (χ2n) is 8.04. The highest BCUT2D eigenvalue weighted by Crippen LogP contribution is 2.55. The average Bonchev–Trinajstić information content (AvgIpc) is 2.52. The van der Waals surface area contributed by atoms with Gasteiger partial charge in [0.1, 0.15) is 0 Å². The number of carbonyl (C=O) groups is 2. The van der Waals surface area contributed by atoms with Gasteiger partial charge in [0.15, 0.2) is 0 Å². The summed E-state index contributed by atoms with van der Waals surface area (Å²) in [6.07, 6.45) is 7.93. The van der Waals surface area contributed by atoms with E-state index in [-0.39, 0.29) is 24.1 Å². The van der Waals surface area contributed by atoms with Crippen molar-refractivity contribution in [2.75, 3.05) is 19.7 Å². The Balaban J connectivity index is 1.48. The molecule has 4 fully saturated rings. The van der Waals surface area contributed by atoms with E-state index in [0.29, 0.717) is 24.4 Å². The van der Waals surface area contributed by atoms with Crippen molar-refractivity contribution in [3.63, 3.8) is 0 Å². The molecule has 3 N–H and O–H groups in total. The van der Waals surface area contributed by atoms with Gasteiger partial charge in [0.25, 0.3) is 0 Å². The monoisotopic (exact) mass is 333 g/mol. The topological polar surface area (TPSA) is 79.5 Å². The van der Waals surface area contributed by atoms with Crippen molar-refractivity contribution in [1.29, 1.82) is 0 Å². The zero-order valence-electron chi connectivity index (χ0n) is 14.3. The molecule has 4 bridgehead atoms. The van der Waals surface area contributed by atoms with Crippen LogP contribution in [0.15, 0.2) is 11.3 Å². The van der Waals surface area contributed by atoms with Crippen LogP contribution in [0.1, 0.15) is 45.4 Å². The lowest BCUT2D eigenvalue weighted by Gasteiger charge is -2.57. The van der Waals surface area contributed by atoms with Crippen LogP contribution >= 0.6 is 0 Å². The molecule has 0 aromatic heterocycles. The molecular weight excluding hydrogens is 306 g/mol. The van der Waals surface area contributed by atoms with Crippen LogP contribution in [0.4, 0.5) is 4.79 Å². The normalized spacial score (nSPS) is 37.2. The molecule has 132 valence electrons. The Labute approximate surface area is 142 Å². The van der Waals surface area contributed by atoms with Crippen LogP contribution in [0.25, 0.3) is 0 Å². The van der Waals surface area contributed by atoms with E-state index in [9.17, 15) is 9.59 Å². The number of ether oxygens (including phenoxy) is 1. The number of hydrogen-bond acceptors (Lipinski definition) is 4. The summed E-state index contributed by atoms with van der Waals surface area (Å²) in [6, 6.07) is -0.245. The molecule has 4 aliphatic carbocycles. The third kappa shape index (κ3) is 2.92. The van der Waals surface area contributed by atoms with Crippen molar-refractivity contribution in [2.24, 2.45) is 17.8 Å². The van der Waals surface area contributed by atoms with Gasteiger partial charge in [0.2, 0.25) is 0 Å². The van der Waals surface area contributed by atoms with E-state index in [1.54, 1.807) is 6.92 Å². The lowest BCUT2D eigenvalue weighted by atomic mass is 9.53. The average molecular weight is 333 g/mol. The molecule has 24 heavy (non-hydrogen) atoms. The molecule has 0 spiro atoms. The summed E-state index contributed by atoms with van der Waals surface area (Å²) in [5.74, 6) is 2.26. The lowest BCUT2D eigenvalue weighted by Crippen LogP contribution is -2.59. The molecule has 5 aliphatic rings. The van der Waals surface area contributed by atoms with Gasteiger partial charge in [-0.2, -0.15) is 0 Å². The Hall–Kier alpha value is -1.56. The first kappa shape index (κ1) is 15.9. The highest BCUT2D eigenvalue weighted by atomic mass is 16.5. The minimum Gasteiger partial charge on any atom is -0.463 e. The quantitative estimate of drug-likeness (QED) is 0.669. The highest BCUT2D eigenvalue weighted by molar-refractivity contribution is 5.93. The maximum Gasteiger partial charge on any atom is 0.337 e. The van der Waals surface area contributed by atoms with Gasteiger partial charge >= 0.3 is 12.0 Å². The molecule has 5 rings (SSSR count). The van der Waals surface area contributed by atoms with Gasteiger partial charge in [0.05, 0.1) is 18.7 Å². The van der Waals surface area contributed by atoms with Crippen molar-refractivity contribution in [3.05, 3.63) is 11.3 Å². The zero-order chi connectivity index (χ0) is 16.7. The maximum absolute atomic E-state index is 12.1. The Bertz CT molecular complexity index is 549. The predicted octanol–water partition coefficient (Wildman–Crippen LogP) is 1.67. The van der Waals surface area contributed by atoms with Crippen molar-refractivity contribution in [3.8, 4) is 0 Å². The smallest absolute Gasteiger partial charge is 0.337 e. The maximum atomic E-state index is 12.1. The summed E-state index contributed by atoms with van der Waals surface area (Å²) in [5, 5.41) is 9.20. The largest absolute Gasteiger partial charge is 0.463 e. The number of nitrogens with one attached hydrogen (secondary N) is 3. The third-order valence-corrected chi connectivity index (χ3v) is 6.25. The SMILES string of the molecule is CCOC(=O)C1=C(CNC23CC4CC(CC(C4)C2)C3)NC(=O)NC1. The van der Waals surface area contributed by atoms with Gasteiger partial charge in [-0.3, -0.25) is 0 Å². The highest BCUT2D eigenvalue weighted by Gasteiger charge is 2.50. The first-order valence-corrected chi connectivity index (χ1v) is 9.26. The number of esters is 1. The van der Waals surface area contributed by atoms with E-state index >= 15 is 0 Å². The van der Waals surface area contributed by atoms with Crippen LogP contribution in [0.3, 0.4) is 0 Å². The molecule has 0 saturated heterocycles. The van der Waals surface area contributed by atoms with Crippen LogP contribution in [-0.2, 0) is 9.53 Å². The molecule has 0 radical (unpaired) electrons. The number of hydrogen-bond donors (Lipinski definition) is 3. The zero-order valence-corrected chi connectivity index (χ0v) is 14.3. The summed E-state index contributed by atoms with van der Waals surface area (Å²) in [6.45, 7) is 2.91. The van der Waals surface area contributed by atoms with Crippen LogP contribution < -0.4 is 16.0 Å². The second kappa shape index (κ2) is 6.06. The number of carbonyl (C=O) groups excluding carboxylic acids is 2. The molecular formula is C18H27N3O3. The first-order chi connectivity index (χ1) is 11.6. The number of urea groups is 1. The molecule has 0 atom stereocenters. The summed E-state index contributed by atoms with van der Waals surface area (Å²) < 4.78 is 5.13. The summed E-state index contributed by atoms with van der Waals surface area (Å²) >= 11 is 0. The lowest BCUT2D eigenvalue weighted by molar-refractivity contribution is -0.138. The molecule has 0 unspecified atom stereocenters. The fraction of sp³-hybridized carbons (Fsp3) is 0.778. The summed E-state index contributed by atoms with van der Waals surface area (Å²) in [5.41, 5.74) is 1.42. The van der Waals surface area contributed by atoms with E-state index < -0.39 is 0 Å². The van der Waals surface area contributed by atoms with Crippen LogP contribution in [0.2, 0.25) is 0 Å². The van der Waals surface area contributed by atoms with Crippen molar-refractivity contribution in [2.45, 2.75) is 51.0 Å².